The Labute approximate surface area is 146 Å². The van der Waals surface area contributed by atoms with Crippen LogP contribution in [0.5, 0.6) is 5.75 Å². The van der Waals surface area contributed by atoms with Crippen molar-refractivity contribution in [1.29, 1.82) is 0 Å². The second kappa shape index (κ2) is 8.87. The van der Waals surface area contributed by atoms with Crippen LogP contribution >= 0.6 is 67.8 Å². The number of aliphatic hydroxyl groups excluding tert-OH is 1. The van der Waals surface area contributed by atoms with Crippen molar-refractivity contribution in [1.82, 2.24) is 0 Å². The van der Waals surface area contributed by atoms with E-state index in [0.29, 0.717) is 18.8 Å². The quantitative estimate of drug-likeness (QED) is 0.183. The van der Waals surface area contributed by atoms with E-state index in [1.807, 2.05) is 12.1 Å². The van der Waals surface area contributed by atoms with Crippen molar-refractivity contribution in [2.24, 2.45) is 0 Å². The van der Waals surface area contributed by atoms with Gasteiger partial charge in [0.05, 0.1) is 7.14 Å². The number of aliphatic hydroxyl groups is 1. The van der Waals surface area contributed by atoms with E-state index in [0.717, 1.165) is 10.7 Å². The number of carbonyl (C=O) groups excluding carboxylic acids is 1. The summed E-state index contributed by atoms with van der Waals surface area (Å²) in [6.45, 7) is 0.0362. The molecule has 18 heavy (non-hydrogen) atoms. The SMILES string of the molecule is O=C(CCCOCO)Oc1c(I)cc(I)cc1I. The molecule has 0 amide bonds. The number of hydrogen-bond donors (Lipinski definition) is 1. The van der Waals surface area contributed by atoms with Gasteiger partial charge in [0.15, 0.2) is 5.75 Å². The smallest absolute Gasteiger partial charge is 0.311 e. The van der Waals surface area contributed by atoms with Gasteiger partial charge in [0.1, 0.15) is 6.79 Å². The molecule has 7 heteroatoms. The predicted octanol–water partition coefficient (Wildman–Crippen LogP) is 3.15. The molecule has 1 rings (SSSR count). The first kappa shape index (κ1) is 16.9. The van der Waals surface area contributed by atoms with Gasteiger partial charge in [-0.25, -0.2) is 0 Å². The molecule has 1 aromatic carbocycles. The van der Waals surface area contributed by atoms with Gasteiger partial charge in [0.2, 0.25) is 0 Å². The molecule has 0 aromatic heterocycles. The molecule has 0 atom stereocenters. The van der Waals surface area contributed by atoms with E-state index in [1.54, 1.807) is 0 Å². The zero-order valence-corrected chi connectivity index (χ0v) is 15.8. The second-order valence-corrected chi connectivity index (χ2v) is 6.88. The molecule has 0 radical (unpaired) electrons. The van der Waals surface area contributed by atoms with Crippen LogP contribution in [0, 0.1) is 10.7 Å². The van der Waals surface area contributed by atoms with Crippen LogP contribution in [0.1, 0.15) is 12.8 Å². The standard InChI is InChI=1S/C11H11I3O4/c12-7-4-8(13)11(9(14)5-7)18-10(16)2-1-3-17-6-15/h4-5,15H,1-3,6H2. The lowest BCUT2D eigenvalue weighted by Gasteiger charge is -2.09. The maximum Gasteiger partial charge on any atom is 0.311 e. The number of benzene rings is 1. The highest BCUT2D eigenvalue weighted by atomic mass is 127. The van der Waals surface area contributed by atoms with E-state index in [2.05, 4.69) is 67.8 Å². The Morgan fingerprint density at radius 3 is 2.39 bits per heavy atom. The Hall–Kier alpha value is 0.800. The van der Waals surface area contributed by atoms with Gasteiger partial charge in [-0.1, -0.05) is 0 Å². The van der Waals surface area contributed by atoms with Crippen LogP contribution in [-0.2, 0) is 9.53 Å². The first-order valence-electron chi connectivity index (χ1n) is 5.08. The average molecular weight is 588 g/mol. The summed E-state index contributed by atoms with van der Waals surface area (Å²) < 4.78 is 13.0. The first-order chi connectivity index (χ1) is 8.54. The third kappa shape index (κ3) is 5.84. The van der Waals surface area contributed by atoms with Crippen molar-refractivity contribution in [2.45, 2.75) is 12.8 Å². The van der Waals surface area contributed by atoms with Crippen molar-refractivity contribution in [3.05, 3.63) is 22.8 Å². The van der Waals surface area contributed by atoms with Crippen LogP contribution in [0.25, 0.3) is 0 Å². The monoisotopic (exact) mass is 588 g/mol. The second-order valence-electron chi connectivity index (χ2n) is 3.31. The highest BCUT2D eigenvalue weighted by Gasteiger charge is 2.12. The number of carbonyl (C=O) groups is 1. The van der Waals surface area contributed by atoms with E-state index >= 15 is 0 Å². The van der Waals surface area contributed by atoms with Gasteiger partial charge in [0.25, 0.3) is 0 Å². The van der Waals surface area contributed by atoms with Gasteiger partial charge in [0, 0.05) is 16.6 Å². The molecule has 0 aliphatic heterocycles. The highest BCUT2D eigenvalue weighted by Crippen LogP contribution is 2.29. The fourth-order valence-electron chi connectivity index (χ4n) is 1.17. The number of esters is 1. The van der Waals surface area contributed by atoms with Crippen molar-refractivity contribution in [3.8, 4) is 5.75 Å². The minimum atomic E-state index is -0.317. The minimum Gasteiger partial charge on any atom is -0.424 e. The lowest BCUT2D eigenvalue weighted by molar-refractivity contribution is -0.135. The predicted molar refractivity (Wildman–Crippen MR) is 92.5 cm³/mol. The zero-order chi connectivity index (χ0) is 13.5. The van der Waals surface area contributed by atoms with Crippen molar-refractivity contribution < 1.29 is 19.4 Å². The van der Waals surface area contributed by atoms with Gasteiger partial charge in [-0.3, -0.25) is 4.79 Å². The molecule has 0 unspecified atom stereocenters. The lowest BCUT2D eigenvalue weighted by atomic mass is 10.3. The zero-order valence-electron chi connectivity index (χ0n) is 9.29. The summed E-state index contributed by atoms with van der Waals surface area (Å²) in [7, 11) is 0. The Balaban J connectivity index is 2.54. The molecule has 0 spiro atoms. The van der Waals surface area contributed by atoms with Gasteiger partial charge in [-0.2, -0.15) is 0 Å². The van der Waals surface area contributed by atoms with Crippen LogP contribution in [0.4, 0.5) is 0 Å². The molecule has 0 heterocycles. The summed E-state index contributed by atoms with van der Waals surface area (Å²) in [5.41, 5.74) is 0. The Bertz CT molecular complexity index is 400. The Morgan fingerprint density at radius 1 is 1.22 bits per heavy atom. The molecular weight excluding hydrogens is 577 g/mol. The van der Waals surface area contributed by atoms with E-state index in [9.17, 15) is 4.79 Å². The number of halogens is 3. The molecule has 4 nitrogen and oxygen atoms in total. The summed E-state index contributed by atoms with van der Waals surface area (Å²) >= 11 is 6.53. The van der Waals surface area contributed by atoms with Crippen LogP contribution in [0.2, 0.25) is 0 Å². The molecular formula is C11H11I3O4. The summed E-state index contributed by atoms with van der Waals surface area (Å²) in [6, 6.07) is 3.92. The topological polar surface area (TPSA) is 55.8 Å². The number of ether oxygens (including phenoxy) is 2. The summed E-state index contributed by atoms with van der Waals surface area (Å²) in [4.78, 5) is 11.6. The van der Waals surface area contributed by atoms with E-state index in [1.165, 1.54) is 0 Å². The van der Waals surface area contributed by atoms with Crippen LogP contribution in [0.3, 0.4) is 0 Å². The molecule has 0 fully saturated rings. The number of hydrogen-bond acceptors (Lipinski definition) is 4. The highest BCUT2D eigenvalue weighted by molar-refractivity contribution is 14.1. The molecule has 1 N–H and O–H groups in total. The van der Waals surface area contributed by atoms with Crippen LogP contribution < -0.4 is 4.74 Å². The third-order valence-electron chi connectivity index (χ3n) is 1.94. The molecule has 1 aromatic rings. The van der Waals surface area contributed by atoms with Crippen molar-refractivity contribution in [3.63, 3.8) is 0 Å². The van der Waals surface area contributed by atoms with E-state index < -0.39 is 0 Å². The molecule has 100 valence electrons. The fraction of sp³-hybridized carbons (Fsp3) is 0.364. The number of rotatable bonds is 6. The van der Waals surface area contributed by atoms with Gasteiger partial charge in [-0.05, 0) is 86.3 Å². The maximum atomic E-state index is 11.6. The van der Waals surface area contributed by atoms with Gasteiger partial charge < -0.3 is 14.6 Å². The molecule has 0 aliphatic carbocycles. The Morgan fingerprint density at radius 2 is 1.83 bits per heavy atom. The normalized spacial score (nSPS) is 10.4. The van der Waals surface area contributed by atoms with Crippen molar-refractivity contribution in [2.75, 3.05) is 13.4 Å². The summed E-state index contributed by atoms with van der Waals surface area (Å²) in [6.07, 6.45) is 0.815. The third-order valence-corrected chi connectivity index (χ3v) is 4.17. The van der Waals surface area contributed by atoms with Gasteiger partial charge >= 0.3 is 5.97 Å². The molecule has 0 saturated heterocycles. The summed E-state index contributed by atoms with van der Waals surface area (Å²) in [5, 5.41) is 8.42. The largest absolute Gasteiger partial charge is 0.424 e. The van der Waals surface area contributed by atoms with E-state index in [4.69, 9.17) is 14.6 Å². The first-order valence-corrected chi connectivity index (χ1v) is 8.32. The molecule has 0 saturated carbocycles. The molecule has 0 aliphatic rings. The minimum absolute atomic E-state index is 0.276. The van der Waals surface area contributed by atoms with Crippen molar-refractivity contribution >= 4 is 73.7 Å². The van der Waals surface area contributed by atoms with Crippen LogP contribution in [-0.4, -0.2) is 24.5 Å². The van der Waals surface area contributed by atoms with Crippen LogP contribution in [0.15, 0.2) is 12.1 Å². The maximum absolute atomic E-state index is 11.6. The van der Waals surface area contributed by atoms with Gasteiger partial charge in [-0.15, -0.1) is 0 Å². The molecule has 0 bridgehead atoms. The van der Waals surface area contributed by atoms with E-state index in [-0.39, 0.29) is 19.2 Å². The Kier molecular flexibility index (Phi) is 8.30. The lowest BCUT2D eigenvalue weighted by Crippen LogP contribution is -2.11. The fourth-order valence-corrected chi connectivity index (χ4v) is 4.98. The summed E-state index contributed by atoms with van der Waals surface area (Å²) in [5.74, 6) is 0.332. The average Bonchev–Trinajstić information content (AvgIpc) is 2.29.